The lowest BCUT2D eigenvalue weighted by Crippen LogP contribution is -2.21. The van der Waals surface area contributed by atoms with Crippen LogP contribution < -0.4 is 5.32 Å². The Balaban J connectivity index is 2.28. The Labute approximate surface area is 127 Å². The van der Waals surface area contributed by atoms with Gasteiger partial charge in [0.15, 0.2) is 0 Å². The average Bonchev–Trinajstić information content (AvgIpc) is 2.82. The summed E-state index contributed by atoms with van der Waals surface area (Å²) >= 11 is 4.19. The first-order chi connectivity index (χ1) is 8.74. The molecule has 0 saturated heterocycles. The van der Waals surface area contributed by atoms with Gasteiger partial charge in [-0.3, -0.25) is 0 Å². The maximum Gasteiger partial charge on any atom is 0.0656 e. The molecule has 3 heteroatoms. The highest BCUT2D eigenvalue weighted by Gasteiger charge is 2.14. The quantitative estimate of drug-likeness (QED) is 0.757. The summed E-state index contributed by atoms with van der Waals surface area (Å²) in [5.41, 5.74) is 4.12. The van der Waals surface area contributed by atoms with Gasteiger partial charge in [0.2, 0.25) is 0 Å². The molecule has 1 unspecified atom stereocenters. The molecule has 0 saturated carbocycles. The van der Waals surface area contributed by atoms with Gasteiger partial charge in [-0.2, -0.15) is 0 Å². The molecule has 96 valence electrons. The Morgan fingerprint density at radius 1 is 1.17 bits per heavy atom. The number of hydrogen-bond donors (Lipinski definition) is 1. The van der Waals surface area contributed by atoms with Crippen LogP contribution in [0.3, 0.4) is 0 Å². The molecule has 2 rings (SSSR count). The van der Waals surface area contributed by atoms with Crippen LogP contribution in [0.25, 0.3) is 0 Å². The van der Waals surface area contributed by atoms with Crippen molar-refractivity contribution in [1.29, 1.82) is 0 Å². The van der Waals surface area contributed by atoms with Gasteiger partial charge in [0.1, 0.15) is 0 Å². The zero-order chi connectivity index (χ0) is 13.0. The fourth-order valence-corrected chi connectivity index (χ4v) is 3.45. The summed E-state index contributed by atoms with van der Waals surface area (Å²) in [7, 11) is 0. The van der Waals surface area contributed by atoms with Crippen molar-refractivity contribution in [2.75, 3.05) is 6.54 Å². The second-order valence-corrected chi connectivity index (χ2v) is 7.08. The number of thiophene rings is 1. The van der Waals surface area contributed by atoms with Crippen LogP contribution in [0.1, 0.15) is 36.6 Å². The molecule has 1 atom stereocenters. The van der Waals surface area contributed by atoms with Crippen molar-refractivity contribution in [3.8, 4) is 0 Å². The molecule has 1 aromatic heterocycles. The van der Waals surface area contributed by atoms with Crippen LogP contribution in [0.5, 0.6) is 0 Å². The normalized spacial score (nSPS) is 12.6. The summed E-state index contributed by atoms with van der Waals surface area (Å²) in [5, 5.41) is 5.82. The summed E-state index contributed by atoms with van der Waals surface area (Å²) < 4.78 is 1.34. The molecule has 0 spiro atoms. The molecule has 0 amide bonds. The first-order valence-corrected chi connectivity index (χ1v) is 8.26. The maximum absolute atomic E-state index is 3.57. The van der Waals surface area contributed by atoms with Gasteiger partial charge in [-0.05, 0) is 63.7 Å². The Morgan fingerprint density at radius 3 is 2.39 bits per heavy atom. The summed E-state index contributed by atoms with van der Waals surface area (Å²) in [6, 6.07) is 11.5. The highest BCUT2D eigenvalue weighted by Crippen LogP contribution is 2.27. The van der Waals surface area contributed by atoms with Crippen LogP contribution in [0.15, 0.2) is 35.7 Å². The maximum atomic E-state index is 3.57. The highest BCUT2D eigenvalue weighted by atomic mass is 127. The van der Waals surface area contributed by atoms with E-state index in [1.807, 2.05) is 11.3 Å². The molecule has 2 aromatic rings. The topological polar surface area (TPSA) is 12.0 Å². The van der Waals surface area contributed by atoms with Gasteiger partial charge in [-0.15, -0.1) is 11.3 Å². The second kappa shape index (κ2) is 6.68. The Bertz CT molecular complexity index is 489. The van der Waals surface area contributed by atoms with E-state index in [9.17, 15) is 0 Å². The van der Waals surface area contributed by atoms with Gasteiger partial charge < -0.3 is 5.32 Å². The minimum atomic E-state index is 0.320. The number of hydrogen-bond acceptors (Lipinski definition) is 2. The first-order valence-electron chi connectivity index (χ1n) is 6.30. The van der Waals surface area contributed by atoms with Crippen molar-refractivity contribution in [2.45, 2.75) is 26.3 Å². The fraction of sp³-hybridized carbons (Fsp3) is 0.333. The average molecular weight is 371 g/mol. The molecule has 0 fully saturated rings. The molecule has 0 radical (unpaired) electrons. The van der Waals surface area contributed by atoms with Crippen LogP contribution in [0.2, 0.25) is 0 Å². The van der Waals surface area contributed by atoms with Gasteiger partial charge in [0, 0.05) is 0 Å². The van der Waals surface area contributed by atoms with Crippen LogP contribution in [0.4, 0.5) is 0 Å². The monoisotopic (exact) mass is 371 g/mol. The van der Waals surface area contributed by atoms with E-state index >= 15 is 0 Å². The van der Waals surface area contributed by atoms with Crippen molar-refractivity contribution >= 4 is 33.9 Å². The zero-order valence-corrected chi connectivity index (χ0v) is 13.7. The van der Waals surface area contributed by atoms with Crippen LogP contribution in [-0.2, 0) is 6.42 Å². The minimum absolute atomic E-state index is 0.320. The first kappa shape index (κ1) is 14.0. The largest absolute Gasteiger partial charge is 0.307 e. The summed E-state index contributed by atoms with van der Waals surface area (Å²) in [5.74, 6) is 0. The third kappa shape index (κ3) is 3.33. The zero-order valence-electron chi connectivity index (χ0n) is 10.7. The van der Waals surface area contributed by atoms with Crippen LogP contribution >= 0.6 is 33.9 Å². The predicted molar refractivity (Wildman–Crippen MR) is 88.4 cm³/mol. The molecule has 0 aliphatic rings. The number of rotatable bonds is 5. The smallest absolute Gasteiger partial charge is 0.0656 e. The third-order valence-corrected chi connectivity index (χ3v) is 4.86. The molecule has 1 N–H and O–H groups in total. The number of halogens is 1. The van der Waals surface area contributed by atoms with Crippen LogP contribution in [-0.4, -0.2) is 6.54 Å². The second-order valence-electron chi connectivity index (χ2n) is 4.27. The van der Waals surface area contributed by atoms with Crippen molar-refractivity contribution in [1.82, 2.24) is 5.32 Å². The lowest BCUT2D eigenvalue weighted by atomic mass is 9.99. The summed E-state index contributed by atoms with van der Waals surface area (Å²) in [4.78, 5) is 0. The van der Waals surface area contributed by atoms with Crippen molar-refractivity contribution < 1.29 is 0 Å². The lowest BCUT2D eigenvalue weighted by Gasteiger charge is -2.17. The number of nitrogens with one attached hydrogen (secondary N) is 1. The van der Waals surface area contributed by atoms with E-state index in [0.717, 1.165) is 13.0 Å². The van der Waals surface area contributed by atoms with E-state index in [0.29, 0.717) is 6.04 Å². The Kier molecular flexibility index (Phi) is 5.21. The van der Waals surface area contributed by atoms with E-state index in [4.69, 9.17) is 0 Å². The van der Waals surface area contributed by atoms with E-state index in [2.05, 4.69) is 77.5 Å². The van der Waals surface area contributed by atoms with E-state index in [-0.39, 0.29) is 0 Å². The fourth-order valence-electron chi connectivity index (χ4n) is 2.05. The molecule has 0 bridgehead atoms. The van der Waals surface area contributed by atoms with E-state index in [1.54, 1.807) is 0 Å². The van der Waals surface area contributed by atoms with Gasteiger partial charge in [-0.1, -0.05) is 38.1 Å². The predicted octanol–water partition coefficient (Wildman–Crippen LogP) is 4.61. The van der Waals surface area contributed by atoms with Crippen molar-refractivity contribution in [2.24, 2.45) is 0 Å². The SMILES string of the molecule is CCNC(c1ccc(CC)cc1)c1csc(I)c1. The molecule has 1 aromatic carbocycles. The molecule has 18 heavy (non-hydrogen) atoms. The van der Waals surface area contributed by atoms with Gasteiger partial charge in [-0.25, -0.2) is 0 Å². The molecule has 1 heterocycles. The van der Waals surface area contributed by atoms with Gasteiger partial charge >= 0.3 is 0 Å². The third-order valence-electron chi connectivity index (χ3n) is 3.05. The molecule has 0 aliphatic carbocycles. The minimum Gasteiger partial charge on any atom is -0.307 e. The number of aryl methyl sites for hydroxylation is 1. The molecule has 1 nitrogen and oxygen atoms in total. The standard InChI is InChI=1S/C15H18INS/c1-3-11-5-7-12(8-6-11)15(17-4-2)13-9-14(16)18-10-13/h5-10,15,17H,3-4H2,1-2H3. The molecular formula is C15H18INS. The number of benzene rings is 1. The summed E-state index contributed by atoms with van der Waals surface area (Å²) in [6.45, 7) is 5.33. The Hall–Kier alpha value is -0.390. The van der Waals surface area contributed by atoms with Crippen molar-refractivity contribution in [3.05, 3.63) is 55.3 Å². The van der Waals surface area contributed by atoms with E-state index < -0.39 is 0 Å². The van der Waals surface area contributed by atoms with Crippen LogP contribution in [0, 0.1) is 2.88 Å². The van der Waals surface area contributed by atoms with Crippen molar-refractivity contribution in [3.63, 3.8) is 0 Å². The molecular weight excluding hydrogens is 353 g/mol. The lowest BCUT2D eigenvalue weighted by molar-refractivity contribution is 0.632. The summed E-state index contributed by atoms with van der Waals surface area (Å²) in [6.07, 6.45) is 1.10. The Morgan fingerprint density at radius 2 is 1.89 bits per heavy atom. The molecule has 0 aliphatic heterocycles. The van der Waals surface area contributed by atoms with E-state index in [1.165, 1.54) is 19.6 Å². The van der Waals surface area contributed by atoms with Gasteiger partial charge in [0.05, 0.1) is 8.93 Å². The van der Waals surface area contributed by atoms with Gasteiger partial charge in [0.25, 0.3) is 0 Å². The highest BCUT2D eigenvalue weighted by molar-refractivity contribution is 14.1.